The Balaban J connectivity index is 1.75. The predicted molar refractivity (Wildman–Crippen MR) is 119 cm³/mol. The molecule has 0 fully saturated rings. The number of benzene rings is 2. The molecular weight excluding hydrogens is 372 g/mol. The molecule has 0 amide bonds. The predicted octanol–water partition coefficient (Wildman–Crippen LogP) is 5.59. The van der Waals surface area contributed by atoms with E-state index in [4.69, 9.17) is 17.0 Å². The lowest BCUT2D eigenvalue weighted by Gasteiger charge is -2.32. The Morgan fingerprint density at radius 3 is 2.44 bits per heavy atom. The molecule has 0 saturated heterocycles. The van der Waals surface area contributed by atoms with E-state index in [0.717, 1.165) is 29.5 Å². The van der Waals surface area contributed by atoms with Crippen LogP contribution in [-0.4, -0.2) is 23.2 Å². The van der Waals surface area contributed by atoms with Gasteiger partial charge >= 0.3 is 0 Å². The molecule has 0 aliphatic rings. The van der Waals surface area contributed by atoms with Crippen molar-refractivity contribution >= 4 is 34.4 Å². The molecular formula is C22H24N2OS2. The summed E-state index contributed by atoms with van der Waals surface area (Å²) < 4.78 is 5.23. The molecule has 0 aliphatic heterocycles. The summed E-state index contributed by atoms with van der Waals surface area (Å²) in [7, 11) is 1.67. The van der Waals surface area contributed by atoms with Gasteiger partial charge in [-0.15, -0.1) is 11.3 Å². The zero-order valence-corrected chi connectivity index (χ0v) is 17.2. The third-order valence-electron chi connectivity index (χ3n) is 4.41. The molecule has 0 aliphatic carbocycles. The Kier molecular flexibility index (Phi) is 6.85. The Morgan fingerprint density at radius 2 is 1.81 bits per heavy atom. The largest absolute Gasteiger partial charge is 0.497 e. The van der Waals surface area contributed by atoms with Crippen molar-refractivity contribution in [1.82, 2.24) is 4.90 Å². The zero-order valence-electron chi connectivity index (χ0n) is 15.6. The molecule has 1 aromatic heterocycles. The van der Waals surface area contributed by atoms with Crippen LogP contribution in [0.5, 0.6) is 5.75 Å². The number of ether oxygens (including phenoxy) is 1. The average molecular weight is 397 g/mol. The van der Waals surface area contributed by atoms with Gasteiger partial charge in [0.25, 0.3) is 0 Å². The highest BCUT2D eigenvalue weighted by molar-refractivity contribution is 7.80. The van der Waals surface area contributed by atoms with Crippen molar-refractivity contribution in [3.8, 4) is 5.75 Å². The minimum atomic E-state index is 0.280. The summed E-state index contributed by atoms with van der Waals surface area (Å²) in [6, 6.07) is 22.8. The number of nitrogens with one attached hydrogen (secondary N) is 1. The lowest BCUT2D eigenvalue weighted by molar-refractivity contribution is 0.326. The van der Waals surface area contributed by atoms with Gasteiger partial charge in [0.15, 0.2) is 5.11 Å². The Bertz CT molecular complexity index is 833. The van der Waals surface area contributed by atoms with E-state index in [0.29, 0.717) is 0 Å². The Labute approximate surface area is 170 Å². The topological polar surface area (TPSA) is 24.5 Å². The van der Waals surface area contributed by atoms with Crippen LogP contribution in [0.3, 0.4) is 0 Å². The molecule has 1 N–H and O–H groups in total. The molecule has 0 radical (unpaired) electrons. The fraction of sp³-hybridized carbons (Fsp3) is 0.227. The quantitative estimate of drug-likeness (QED) is 0.526. The van der Waals surface area contributed by atoms with E-state index in [9.17, 15) is 0 Å². The summed E-state index contributed by atoms with van der Waals surface area (Å²) in [5.41, 5.74) is 2.21. The summed E-state index contributed by atoms with van der Waals surface area (Å²) in [5, 5.41) is 6.23. The first kappa shape index (κ1) is 19.4. The molecule has 0 bridgehead atoms. The second-order valence-electron chi connectivity index (χ2n) is 6.40. The van der Waals surface area contributed by atoms with Crippen LogP contribution in [0.4, 0.5) is 5.69 Å². The lowest BCUT2D eigenvalue weighted by Crippen LogP contribution is -2.41. The first-order chi connectivity index (χ1) is 13.2. The van der Waals surface area contributed by atoms with Crippen molar-refractivity contribution in [3.63, 3.8) is 0 Å². The fourth-order valence-electron chi connectivity index (χ4n) is 2.91. The molecule has 27 heavy (non-hydrogen) atoms. The molecule has 1 atom stereocenters. The molecule has 0 unspecified atom stereocenters. The van der Waals surface area contributed by atoms with Crippen LogP contribution in [-0.2, 0) is 13.0 Å². The van der Waals surface area contributed by atoms with E-state index in [1.807, 2.05) is 30.3 Å². The number of nitrogens with zero attached hydrogens (tertiary/aromatic N) is 1. The number of thiocarbonyl (C=S) groups is 1. The van der Waals surface area contributed by atoms with Crippen molar-refractivity contribution in [1.29, 1.82) is 0 Å². The van der Waals surface area contributed by atoms with Crippen LogP contribution in [0.15, 0.2) is 72.1 Å². The Morgan fingerprint density at radius 1 is 1.07 bits per heavy atom. The van der Waals surface area contributed by atoms with E-state index in [-0.39, 0.29) is 6.04 Å². The smallest absolute Gasteiger partial charge is 0.173 e. The van der Waals surface area contributed by atoms with Gasteiger partial charge in [-0.05, 0) is 60.4 Å². The van der Waals surface area contributed by atoms with Gasteiger partial charge in [-0.2, -0.15) is 0 Å². The van der Waals surface area contributed by atoms with Crippen LogP contribution in [0.25, 0.3) is 0 Å². The summed E-state index contributed by atoms with van der Waals surface area (Å²) in [6.07, 6.45) is 0.967. The second-order valence-corrected chi connectivity index (χ2v) is 7.82. The van der Waals surface area contributed by atoms with Gasteiger partial charge < -0.3 is 15.0 Å². The molecule has 0 saturated carbocycles. The molecule has 2 aromatic carbocycles. The molecule has 3 rings (SSSR count). The van der Waals surface area contributed by atoms with Crippen LogP contribution < -0.4 is 10.1 Å². The van der Waals surface area contributed by atoms with E-state index in [1.54, 1.807) is 18.4 Å². The second kappa shape index (κ2) is 9.53. The fourth-order valence-corrected chi connectivity index (χ4v) is 4.10. The third kappa shape index (κ3) is 5.55. The van der Waals surface area contributed by atoms with Crippen molar-refractivity contribution in [2.75, 3.05) is 12.4 Å². The molecule has 5 heteroatoms. The highest BCUT2D eigenvalue weighted by Gasteiger charge is 2.18. The number of hydrogen-bond acceptors (Lipinski definition) is 3. The van der Waals surface area contributed by atoms with Gasteiger partial charge in [-0.1, -0.05) is 36.4 Å². The van der Waals surface area contributed by atoms with E-state index in [2.05, 4.69) is 58.9 Å². The summed E-state index contributed by atoms with van der Waals surface area (Å²) in [6.45, 7) is 3.00. The number of methoxy groups -OCH3 is 1. The van der Waals surface area contributed by atoms with E-state index < -0.39 is 0 Å². The number of anilines is 1. The average Bonchev–Trinajstić information content (AvgIpc) is 3.20. The first-order valence-electron chi connectivity index (χ1n) is 8.93. The van der Waals surface area contributed by atoms with Gasteiger partial charge in [0, 0.05) is 29.6 Å². The van der Waals surface area contributed by atoms with Crippen LogP contribution in [0.1, 0.15) is 17.4 Å². The maximum atomic E-state index is 5.78. The Hall–Kier alpha value is -2.37. The molecule has 3 aromatic rings. The van der Waals surface area contributed by atoms with Crippen molar-refractivity contribution < 1.29 is 4.74 Å². The lowest BCUT2D eigenvalue weighted by atomic mass is 10.1. The van der Waals surface area contributed by atoms with Gasteiger partial charge in [0.1, 0.15) is 5.75 Å². The standard InChI is InChI=1S/C22H24N2OS2/c1-17(15-21-9-6-14-27-21)24(16-18-7-4-3-5-8-18)22(26)23-19-10-12-20(25-2)13-11-19/h3-14,17H,15-16H2,1-2H3,(H,23,26)/t17-/m1/s1. The normalized spacial score (nSPS) is 11.6. The summed E-state index contributed by atoms with van der Waals surface area (Å²) in [5.74, 6) is 0.832. The highest BCUT2D eigenvalue weighted by Crippen LogP contribution is 2.20. The third-order valence-corrected chi connectivity index (χ3v) is 5.64. The number of thiophene rings is 1. The zero-order chi connectivity index (χ0) is 19.1. The van der Waals surface area contributed by atoms with Crippen LogP contribution >= 0.6 is 23.6 Å². The van der Waals surface area contributed by atoms with Crippen molar-refractivity contribution in [3.05, 3.63) is 82.6 Å². The first-order valence-corrected chi connectivity index (χ1v) is 10.2. The molecule has 0 spiro atoms. The maximum absolute atomic E-state index is 5.78. The molecule has 1 heterocycles. The summed E-state index contributed by atoms with van der Waals surface area (Å²) in [4.78, 5) is 3.63. The van der Waals surface area contributed by atoms with Gasteiger partial charge in [-0.3, -0.25) is 0 Å². The SMILES string of the molecule is COc1ccc(NC(=S)N(Cc2ccccc2)[C@H](C)Cc2cccs2)cc1. The monoisotopic (exact) mass is 396 g/mol. The number of rotatable bonds is 7. The van der Waals surface area contributed by atoms with Gasteiger partial charge in [0.2, 0.25) is 0 Å². The van der Waals surface area contributed by atoms with Crippen molar-refractivity contribution in [2.24, 2.45) is 0 Å². The number of hydrogen-bond donors (Lipinski definition) is 1. The molecule has 3 nitrogen and oxygen atoms in total. The van der Waals surface area contributed by atoms with E-state index in [1.165, 1.54) is 10.4 Å². The molecule has 140 valence electrons. The van der Waals surface area contributed by atoms with Gasteiger partial charge in [0.05, 0.1) is 7.11 Å². The van der Waals surface area contributed by atoms with Crippen LogP contribution in [0, 0.1) is 0 Å². The van der Waals surface area contributed by atoms with E-state index >= 15 is 0 Å². The van der Waals surface area contributed by atoms with Gasteiger partial charge in [-0.25, -0.2) is 0 Å². The minimum Gasteiger partial charge on any atom is -0.497 e. The van der Waals surface area contributed by atoms with Crippen LogP contribution in [0.2, 0.25) is 0 Å². The minimum absolute atomic E-state index is 0.280. The maximum Gasteiger partial charge on any atom is 0.173 e. The summed E-state index contributed by atoms with van der Waals surface area (Å²) >= 11 is 7.57. The van der Waals surface area contributed by atoms with Crippen molar-refractivity contribution in [2.45, 2.75) is 25.9 Å². The highest BCUT2D eigenvalue weighted by atomic mass is 32.1.